The van der Waals surface area contributed by atoms with Crippen LogP contribution in [0, 0.1) is 17.1 Å². The fraction of sp³-hybridized carbons (Fsp3) is 0.333. The third-order valence-electron chi connectivity index (χ3n) is 4.90. The lowest BCUT2D eigenvalue weighted by atomic mass is 9.82. The van der Waals surface area contributed by atoms with E-state index in [9.17, 15) is 9.18 Å². The lowest BCUT2D eigenvalue weighted by molar-refractivity contribution is 0.0659. The van der Waals surface area contributed by atoms with Crippen molar-refractivity contribution in [2.45, 2.75) is 37.7 Å². The molecule has 0 amide bonds. The minimum Gasteiger partial charge on any atom is -0.423 e. The Morgan fingerprint density at radius 1 is 1.12 bits per heavy atom. The van der Waals surface area contributed by atoms with Crippen molar-refractivity contribution in [3.63, 3.8) is 0 Å². The average molecular weight is 353 g/mol. The molecule has 0 N–H and O–H groups in total. The topological polar surface area (TPSA) is 59.3 Å². The van der Waals surface area contributed by atoms with Crippen LogP contribution in [0.25, 0.3) is 0 Å². The van der Waals surface area contributed by atoms with Crippen molar-refractivity contribution in [2.75, 3.05) is 7.11 Å². The molecule has 0 atom stereocenters. The smallest absolute Gasteiger partial charge is 0.343 e. The third-order valence-corrected chi connectivity index (χ3v) is 4.90. The van der Waals surface area contributed by atoms with Gasteiger partial charge in [0.05, 0.1) is 17.2 Å². The predicted octanol–water partition coefficient (Wildman–Crippen LogP) is 4.59. The monoisotopic (exact) mass is 353 g/mol. The zero-order chi connectivity index (χ0) is 18.5. The molecule has 0 bridgehead atoms. The van der Waals surface area contributed by atoms with E-state index in [1.165, 1.54) is 17.7 Å². The normalized spacial score (nSPS) is 19.6. The number of hydrogen-bond acceptors (Lipinski definition) is 4. The van der Waals surface area contributed by atoms with Crippen molar-refractivity contribution < 1.29 is 18.7 Å². The fourth-order valence-electron chi connectivity index (χ4n) is 3.34. The molecular formula is C21H20FNO3. The van der Waals surface area contributed by atoms with Crippen LogP contribution in [0.3, 0.4) is 0 Å². The Labute approximate surface area is 152 Å². The zero-order valence-electron chi connectivity index (χ0n) is 14.6. The second-order valence-electron chi connectivity index (χ2n) is 6.47. The van der Waals surface area contributed by atoms with E-state index in [1.54, 1.807) is 25.3 Å². The quantitative estimate of drug-likeness (QED) is 0.596. The molecule has 1 aliphatic carbocycles. The van der Waals surface area contributed by atoms with E-state index in [0.29, 0.717) is 17.6 Å². The highest BCUT2D eigenvalue weighted by Gasteiger charge is 2.22. The summed E-state index contributed by atoms with van der Waals surface area (Å²) in [7, 11) is 1.76. The Hall–Kier alpha value is -2.71. The van der Waals surface area contributed by atoms with Crippen molar-refractivity contribution in [1.29, 1.82) is 5.26 Å². The van der Waals surface area contributed by atoms with Gasteiger partial charge in [0.25, 0.3) is 0 Å². The van der Waals surface area contributed by atoms with E-state index in [1.807, 2.05) is 12.1 Å². The summed E-state index contributed by atoms with van der Waals surface area (Å²) < 4.78 is 24.2. The molecule has 1 saturated carbocycles. The van der Waals surface area contributed by atoms with Gasteiger partial charge in [0.1, 0.15) is 17.6 Å². The van der Waals surface area contributed by atoms with Gasteiger partial charge in [-0.15, -0.1) is 0 Å². The molecule has 4 nitrogen and oxygen atoms in total. The maximum absolute atomic E-state index is 13.6. The van der Waals surface area contributed by atoms with Gasteiger partial charge in [-0.05, 0) is 61.4 Å². The summed E-state index contributed by atoms with van der Waals surface area (Å²) in [6.07, 6.45) is 4.61. The Morgan fingerprint density at radius 2 is 1.81 bits per heavy atom. The molecule has 1 fully saturated rings. The Morgan fingerprint density at radius 3 is 2.38 bits per heavy atom. The highest BCUT2D eigenvalue weighted by atomic mass is 19.1. The van der Waals surface area contributed by atoms with Gasteiger partial charge >= 0.3 is 5.97 Å². The first-order valence-corrected chi connectivity index (χ1v) is 8.65. The Bertz CT molecular complexity index is 818. The maximum Gasteiger partial charge on any atom is 0.343 e. The van der Waals surface area contributed by atoms with Crippen molar-refractivity contribution >= 4 is 5.97 Å². The van der Waals surface area contributed by atoms with Gasteiger partial charge in [0, 0.05) is 13.2 Å². The molecule has 0 aliphatic heterocycles. The van der Waals surface area contributed by atoms with Crippen molar-refractivity contribution in [3.05, 3.63) is 65.0 Å². The van der Waals surface area contributed by atoms with Crippen LogP contribution in [-0.2, 0) is 4.74 Å². The number of esters is 1. The Kier molecular flexibility index (Phi) is 5.65. The molecule has 0 radical (unpaired) electrons. The number of nitriles is 1. The number of nitrogens with zero attached hydrogens (tertiary/aromatic N) is 1. The first-order chi connectivity index (χ1) is 12.6. The summed E-state index contributed by atoms with van der Waals surface area (Å²) in [4.78, 5) is 12.2. The lowest BCUT2D eigenvalue weighted by Gasteiger charge is -2.27. The molecule has 26 heavy (non-hydrogen) atoms. The number of ether oxygens (including phenoxy) is 2. The van der Waals surface area contributed by atoms with Gasteiger partial charge in [-0.25, -0.2) is 9.18 Å². The molecular weight excluding hydrogens is 333 g/mol. The van der Waals surface area contributed by atoms with Crippen LogP contribution in [-0.4, -0.2) is 19.2 Å². The molecule has 0 saturated heterocycles. The van der Waals surface area contributed by atoms with Gasteiger partial charge in [0.15, 0.2) is 0 Å². The van der Waals surface area contributed by atoms with E-state index >= 15 is 0 Å². The summed E-state index contributed by atoms with van der Waals surface area (Å²) in [5.41, 5.74) is 1.53. The van der Waals surface area contributed by atoms with E-state index < -0.39 is 11.8 Å². The minimum absolute atomic E-state index is 0.0773. The van der Waals surface area contributed by atoms with Crippen LogP contribution in [0.1, 0.15) is 53.1 Å². The second-order valence-corrected chi connectivity index (χ2v) is 6.47. The molecule has 3 rings (SSSR count). The van der Waals surface area contributed by atoms with Crippen LogP contribution in [0.2, 0.25) is 0 Å². The largest absolute Gasteiger partial charge is 0.423 e. The summed E-state index contributed by atoms with van der Waals surface area (Å²) in [6.45, 7) is 0. The van der Waals surface area contributed by atoms with Crippen LogP contribution >= 0.6 is 0 Å². The number of carbonyl (C=O) groups excluding carboxylic acids is 1. The van der Waals surface area contributed by atoms with Crippen molar-refractivity contribution in [3.8, 4) is 11.8 Å². The standard InChI is InChI=1S/C21H20FNO3/c1-25-18-9-6-15(7-10-18)14-2-4-16(5-3-14)21(24)26-19-11-8-17(13-23)20(22)12-19/h2-5,8,11-12,15,18H,6-7,9-10H2,1H3. The first kappa shape index (κ1) is 18.1. The number of methoxy groups -OCH3 is 1. The van der Waals surface area contributed by atoms with Gasteiger partial charge in [-0.2, -0.15) is 5.26 Å². The summed E-state index contributed by atoms with van der Waals surface area (Å²) in [6, 6.07) is 12.8. The van der Waals surface area contributed by atoms with Gasteiger partial charge in [-0.1, -0.05) is 12.1 Å². The SMILES string of the molecule is COC1CCC(c2ccc(C(=O)Oc3ccc(C#N)c(F)c3)cc2)CC1. The molecule has 2 aromatic rings. The molecule has 5 heteroatoms. The molecule has 0 unspecified atom stereocenters. The fourth-order valence-corrected chi connectivity index (χ4v) is 3.34. The van der Waals surface area contributed by atoms with Crippen LogP contribution in [0.5, 0.6) is 5.75 Å². The zero-order valence-corrected chi connectivity index (χ0v) is 14.6. The summed E-state index contributed by atoms with van der Waals surface area (Å²) in [5, 5.41) is 8.73. The first-order valence-electron chi connectivity index (χ1n) is 8.65. The molecule has 0 aromatic heterocycles. The average Bonchev–Trinajstić information content (AvgIpc) is 2.68. The van der Waals surface area contributed by atoms with E-state index in [4.69, 9.17) is 14.7 Å². The number of halogens is 1. The van der Waals surface area contributed by atoms with E-state index in [-0.39, 0.29) is 11.3 Å². The number of carbonyl (C=O) groups is 1. The predicted molar refractivity (Wildman–Crippen MR) is 94.5 cm³/mol. The second kappa shape index (κ2) is 8.11. The number of rotatable bonds is 4. The van der Waals surface area contributed by atoms with Crippen LogP contribution in [0.15, 0.2) is 42.5 Å². The van der Waals surface area contributed by atoms with Crippen LogP contribution < -0.4 is 4.74 Å². The van der Waals surface area contributed by atoms with Crippen molar-refractivity contribution in [2.24, 2.45) is 0 Å². The third kappa shape index (κ3) is 4.09. The van der Waals surface area contributed by atoms with Crippen molar-refractivity contribution in [1.82, 2.24) is 0 Å². The highest BCUT2D eigenvalue weighted by Crippen LogP contribution is 2.33. The van der Waals surface area contributed by atoms with Crippen LogP contribution in [0.4, 0.5) is 4.39 Å². The number of benzene rings is 2. The maximum atomic E-state index is 13.6. The summed E-state index contributed by atoms with van der Waals surface area (Å²) >= 11 is 0. The van der Waals surface area contributed by atoms with E-state index in [0.717, 1.165) is 31.7 Å². The molecule has 0 spiro atoms. The lowest BCUT2D eigenvalue weighted by Crippen LogP contribution is -2.19. The Balaban J connectivity index is 1.64. The van der Waals surface area contributed by atoms with E-state index in [2.05, 4.69) is 0 Å². The number of hydrogen-bond donors (Lipinski definition) is 0. The highest BCUT2D eigenvalue weighted by molar-refractivity contribution is 5.91. The molecule has 0 heterocycles. The van der Waals surface area contributed by atoms with Gasteiger partial charge < -0.3 is 9.47 Å². The van der Waals surface area contributed by atoms with Gasteiger partial charge in [0.2, 0.25) is 0 Å². The molecule has 134 valence electrons. The minimum atomic E-state index is -0.709. The van der Waals surface area contributed by atoms with Gasteiger partial charge in [-0.3, -0.25) is 0 Å². The molecule has 2 aromatic carbocycles. The molecule has 1 aliphatic rings. The summed E-state index contributed by atoms with van der Waals surface area (Å²) in [5.74, 6) is -0.698.